The van der Waals surface area contributed by atoms with Gasteiger partial charge in [0.15, 0.2) is 0 Å². The smallest absolute Gasteiger partial charge is 0.334 e. The number of piperazine rings is 1. The second kappa shape index (κ2) is 12.8. The molecule has 4 amide bonds. The second-order valence-corrected chi connectivity index (χ2v) is 9.46. The molecule has 2 saturated heterocycles. The van der Waals surface area contributed by atoms with Crippen LogP contribution in [0.1, 0.15) is 64.4 Å². The predicted molar refractivity (Wildman–Crippen MR) is 134 cm³/mol. The van der Waals surface area contributed by atoms with E-state index in [1.807, 2.05) is 13.8 Å². The van der Waals surface area contributed by atoms with Gasteiger partial charge in [0, 0.05) is 26.1 Å². The first kappa shape index (κ1) is 28.4. The van der Waals surface area contributed by atoms with E-state index in [4.69, 9.17) is 0 Å². The number of carboxylic acids is 1. The molecule has 0 bridgehead atoms. The predicted octanol–water partition coefficient (Wildman–Crippen LogP) is 2.79. The third-order valence-electron chi connectivity index (χ3n) is 7.10. The number of carboxylic acid groups (broad SMARTS) is 1. The average molecular weight is 520 g/mol. The van der Waals surface area contributed by atoms with Crippen molar-refractivity contribution in [1.82, 2.24) is 25.1 Å². The van der Waals surface area contributed by atoms with Crippen molar-refractivity contribution in [1.29, 1.82) is 0 Å². The van der Waals surface area contributed by atoms with Gasteiger partial charge in [0.2, 0.25) is 11.8 Å². The van der Waals surface area contributed by atoms with Gasteiger partial charge >= 0.3 is 12.0 Å². The Labute approximate surface area is 217 Å². The summed E-state index contributed by atoms with van der Waals surface area (Å²) in [6.07, 6.45) is 3.82. The fourth-order valence-electron chi connectivity index (χ4n) is 5.38. The summed E-state index contributed by atoms with van der Waals surface area (Å²) >= 11 is 0. The number of benzene rings is 1. The van der Waals surface area contributed by atoms with E-state index in [-0.39, 0.29) is 56.1 Å². The number of likely N-dealkylation sites (N-methyl/N-ethyl adjacent to an activating group) is 1. The summed E-state index contributed by atoms with van der Waals surface area (Å²) in [6, 6.07) is 4.43. The number of carbonyl (C=O) groups is 4. The molecular weight excluding hydrogens is 481 g/mol. The lowest BCUT2D eigenvalue weighted by atomic mass is 9.91. The number of hydrogen-bond donors (Lipinski definition) is 2. The van der Waals surface area contributed by atoms with E-state index in [1.54, 1.807) is 24.1 Å². The second-order valence-electron chi connectivity index (χ2n) is 9.46. The van der Waals surface area contributed by atoms with Crippen LogP contribution in [0.2, 0.25) is 0 Å². The Morgan fingerprint density at radius 1 is 1.08 bits per heavy atom. The fraction of sp³-hybridized carbons (Fsp3) is 0.615. The molecule has 1 saturated carbocycles. The van der Waals surface area contributed by atoms with Crippen LogP contribution in [0.5, 0.6) is 0 Å². The van der Waals surface area contributed by atoms with Crippen LogP contribution in [0.3, 0.4) is 0 Å². The van der Waals surface area contributed by atoms with Crippen molar-refractivity contribution in [3.05, 3.63) is 35.6 Å². The lowest BCUT2D eigenvalue weighted by Crippen LogP contribution is -2.76. The molecule has 37 heavy (non-hydrogen) atoms. The zero-order chi connectivity index (χ0) is 27.1. The molecule has 204 valence electrons. The molecule has 10 nitrogen and oxygen atoms in total. The highest BCUT2D eigenvalue weighted by Crippen LogP contribution is 2.32. The Morgan fingerprint density at radius 3 is 2.35 bits per heavy atom. The van der Waals surface area contributed by atoms with Crippen LogP contribution >= 0.6 is 0 Å². The van der Waals surface area contributed by atoms with Crippen LogP contribution in [-0.4, -0.2) is 87.1 Å². The molecular formula is C26H38FN5O5. The number of hydrazine groups is 1. The van der Waals surface area contributed by atoms with E-state index in [0.29, 0.717) is 5.56 Å². The first-order chi connectivity index (χ1) is 17.8. The molecule has 3 aliphatic rings. The molecule has 0 spiro atoms. The topological polar surface area (TPSA) is 114 Å². The zero-order valence-corrected chi connectivity index (χ0v) is 21.9. The van der Waals surface area contributed by atoms with Crippen molar-refractivity contribution in [2.75, 3.05) is 20.1 Å². The Morgan fingerprint density at radius 2 is 1.73 bits per heavy atom. The van der Waals surface area contributed by atoms with Gasteiger partial charge in [-0.05, 0) is 37.0 Å². The van der Waals surface area contributed by atoms with Crippen molar-refractivity contribution in [3.63, 3.8) is 0 Å². The van der Waals surface area contributed by atoms with Gasteiger partial charge in [-0.3, -0.25) is 14.4 Å². The lowest BCUT2D eigenvalue weighted by Gasteiger charge is -2.55. The molecule has 2 N–H and O–H groups in total. The molecule has 4 rings (SSSR count). The van der Waals surface area contributed by atoms with Gasteiger partial charge in [-0.15, -0.1) is 0 Å². The molecule has 1 aliphatic carbocycles. The number of aliphatic carboxylic acids is 1. The fourth-order valence-corrected chi connectivity index (χ4v) is 5.38. The summed E-state index contributed by atoms with van der Waals surface area (Å²) in [4.78, 5) is 54.4. The quantitative estimate of drug-likeness (QED) is 0.598. The minimum absolute atomic E-state index is 0.00558. The first-order valence-electron chi connectivity index (χ1n) is 13.1. The van der Waals surface area contributed by atoms with Crippen LogP contribution in [0.15, 0.2) is 24.3 Å². The number of halogens is 1. The molecule has 2 heterocycles. The first-order valence-corrected chi connectivity index (χ1v) is 13.1. The summed E-state index contributed by atoms with van der Waals surface area (Å²) < 4.78 is 13.2. The van der Waals surface area contributed by atoms with E-state index in [2.05, 4.69) is 5.32 Å². The van der Waals surface area contributed by atoms with Crippen molar-refractivity contribution >= 4 is 23.8 Å². The van der Waals surface area contributed by atoms with Gasteiger partial charge in [-0.2, -0.15) is 0 Å². The summed E-state index contributed by atoms with van der Waals surface area (Å²) in [6.45, 7) is 4.23. The highest BCUT2D eigenvalue weighted by atomic mass is 19.1. The SMILES string of the molecule is CC.CN1CC(=O)N2C(CCC(=O)O)C(=O)N(C3CCCCC3)C[C@@H]2N1C(=O)NCc1ccc(F)cc1. The third-order valence-corrected chi connectivity index (χ3v) is 7.10. The molecule has 0 aromatic heterocycles. The molecule has 2 aliphatic heterocycles. The molecule has 1 aromatic rings. The van der Waals surface area contributed by atoms with Crippen LogP contribution < -0.4 is 5.32 Å². The van der Waals surface area contributed by atoms with Gasteiger partial charge in [0.25, 0.3) is 0 Å². The maximum Gasteiger partial charge on any atom is 0.334 e. The number of nitrogens with one attached hydrogen (secondary N) is 1. The molecule has 3 fully saturated rings. The number of amides is 4. The summed E-state index contributed by atoms with van der Waals surface area (Å²) in [7, 11) is 1.64. The highest BCUT2D eigenvalue weighted by Gasteiger charge is 2.51. The molecule has 1 unspecified atom stereocenters. The van der Waals surface area contributed by atoms with E-state index >= 15 is 0 Å². The number of carbonyl (C=O) groups excluding carboxylic acids is 3. The maximum atomic E-state index is 13.5. The Kier molecular flexibility index (Phi) is 9.85. The number of nitrogens with zero attached hydrogens (tertiary/aromatic N) is 4. The van der Waals surface area contributed by atoms with E-state index in [9.17, 15) is 28.7 Å². The van der Waals surface area contributed by atoms with Gasteiger partial charge in [0.05, 0.1) is 13.1 Å². The monoisotopic (exact) mass is 519 g/mol. The van der Waals surface area contributed by atoms with Crippen LogP contribution in [0.4, 0.5) is 9.18 Å². The van der Waals surface area contributed by atoms with Crippen molar-refractivity contribution in [3.8, 4) is 0 Å². The van der Waals surface area contributed by atoms with E-state index < -0.39 is 24.2 Å². The van der Waals surface area contributed by atoms with Crippen LogP contribution in [0, 0.1) is 5.82 Å². The maximum absolute atomic E-state index is 13.5. The summed E-state index contributed by atoms with van der Waals surface area (Å²) in [5, 5.41) is 15.1. The van der Waals surface area contributed by atoms with Gasteiger partial charge < -0.3 is 20.2 Å². The molecule has 11 heteroatoms. The minimum Gasteiger partial charge on any atom is -0.481 e. The normalized spacial score (nSPS) is 22.8. The number of hydrogen-bond acceptors (Lipinski definition) is 5. The molecule has 2 atom stereocenters. The highest BCUT2D eigenvalue weighted by molar-refractivity contribution is 5.92. The van der Waals surface area contributed by atoms with Gasteiger partial charge in [-0.25, -0.2) is 19.2 Å². The molecule has 1 aromatic carbocycles. The minimum atomic E-state index is -1.04. The summed E-state index contributed by atoms with van der Waals surface area (Å²) in [5.41, 5.74) is 0.717. The van der Waals surface area contributed by atoms with Crippen molar-refractivity contribution < 1.29 is 28.7 Å². The van der Waals surface area contributed by atoms with Gasteiger partial charge in [-0.1, -0.05) is 45.2 Å². The van der Waals surface area contributed by atoms with Crippen molar-refractivity contribution in [2.45, 2.75) is 83.6 Å². The number of fused-ring (bicyclic) bond motifs is 1. The average Bonchev–Trinajstić information content (AvgIpc) is 2.89. The Bertz CT molecular complexity index is 969. The van der Waals surface area contributed by atoms with E-state index in [0.717, 1.165) is 32.1 Å². The Hall–Kier alpha value is -3.21. The van der Waals surface area contributed by atoms with Crippen LogP contribution in [0.25, 0.3) is 0 Å². The van der Waals surface area contributed by atoms with E-state index in [1.165, 1.54) is 27.1 Å². The van der Waals surface area contributed by atoms with Crippen LogP contribution in [-0.2, 0) is 20.9 Å². The number of urea groups is 1. The standard InChI is InChI=1S/C24H32FN5O5.C2H6/c1-27-15-21(31)29-19(11-12-22(32)33)23(34)28(18-5-3-2-4-6-18)14-20(29)30(27)24(35)26-13-16-7-9-17(25)10-8-16;1-2/h7-10,18-20H,2-6,11-15H2,1H3,(H,26,35)(H,32,33);1-2H3/t19?,20-;/m0./s1. The largest absolute Gasteiger partial charge is 0.481 e. The van der Waals surface area contributed by atoms with Crippen molar-refractivity contribution in [2.24, 2.45) is 0 Å². The lowest BCUT2D eigenvalue weighted by molar-refractivity contribution is -0.190. The third kappa shape index (κ3) is 6.57. The zero-order valence-electron chi connectivity index (χ0n) is 21.9. The Balaban J connectivity index is 0.00000186. The molecule has 0 radical (unpaired) electrons. The summed E-state index contributed by atoms with van der Waals surface area (Å²) in [5.74, 6) is -1.96. The number of rotatable bonds is 6. The van der Waals surface area contributed by atoms with Gasteiger partial charge in [0.1, 0.15) is 18.0 Å².